The third-order valence-corrected chi connectivity index (χ3v) is 5.13. The third-order valence-electron chi connectivity index (χ3n) is 3.35. The zero-order valence-electron chi connectivity index (χ0n) is 8.64. The van der Waals surface area contributed by atoms with Gasteiger partial charge in [-0.2, -0.15) is 0 Å². The van der Waals surface area contributed by atoms with Gasteiger partial charge < -0.3 is 5.73 Å². The minimum atomic E-state index is -0.484. The zero-order chi connectivity index (χ0) is 10.2. The van der Waals surface area contributed by atoms with Gasteiger partial charge in [0.15, 0.2) is 0 Å². The van der Waals surface area contributed by atoms with Gasteiger partial charge in [0.25, 0.3) is 0 Å². The maximum absolute atomic E-state index is 11.3. The summed E-state index contributed by atoms with van der Waals surface area (Å²) in [5.41, 5.74) is 4.92. The SMILES string of the molecule is C[C@]1(C(N)=O)CSC2(CCCCC2)N1. The Morgan fingerprint density at radius 1 is 1.36 bits per heavy atom. The summed E-state index contributed by atoms with van der Waals surface area (Å²) in [5.74, 6) is 0.606. The maximum Gasteiger partial charge on any atom is 0.238 e. The molecule has 80 valence electrons. The normalized spacial score (nSPS) is 36.1. The Kier molecular flexibility index (Phi) is 2.52. The molecule has 1 aliphatic heterocycles. The van der Waals surface area contributed by atoms with E-state index in [9.17, 15) is 4.79 Å². The van der Waals surface area contributed by atoms with Crippen molar-refractivity contribution in [3.63, 3.8) is 0 Å². The molecule has 14 heavy (non-hydrogen) atoms. The lowest BCUT2D eigenvalue weighted by Crippen LogP contribution is -2.56. The van der Waals surface area contributed by atoms with Crippen LogP contribution in [-0.2, 0) is 4.79 Å². The number of carbonyl (C=O) groups is 1. The molecule has 1 saturated heterocycles. The number of thioether (sulfide) groups is 1. The summed E-state index contributed by atoms with van der Waals surface area (Å²) in [6, 6.07) is 0. The van der Waals surface area contributed by atoms with Crippen LogP contribution >= 0.6 is 11.8 Å². The summed E-state index contributed by atoms with van der Waals surface area (Å²) in [6.45, 7) is 1.92. The maximum atomic E-state index is 11.3. The highest BCUT2D eigenvalue weighted by Crippen LogP contribution is 2.44. The van der Waals surface area contributed by atoms with Gasteiger partial charge in [-0.3, -0.25) is 10.1 Å². The molecule has 1 atom stereocenters. The number of rotatable bonds is 1. The second-order valence-electron chi connectivity index (χ2n) is 4.66. The molecule has 3 nitrogen and oxygen atoms in total. The van der Waals surface area contributed by atoms with E-state index in [1.54, 1.807) is 0 Å². The number of hydrogen-bond donors (Lipinski definition) is 2. The summed E-state index contributed by atoms with van der Waals surface area (Å²) in [6.07, 6.45) is 6.24. The van der Waals surface area contributed by atoms with Crippen LogP contribution < -0.4 is 11.1 Å². The summed E-state index contributed by atoms with van der Waals surface area (Å²) in [4.78, 5) is 11.5. The van der Waals surface area contributed by atoms with Crippen molar-refractivity contribution in [3.05, 3.63) is 0 Å². The fraction of sp³-hybridized carbons (Fsp3) is 0.900. The number of carbonyl (C=O) groups excluding carboxylic acids is 1. The van der Waals surface area contributed by atoms with Crippen LogP contribution in [0.25, 0.3) is 0 Å². The summed E-state index contributed by atoms with van der Waals surface area (Å²) < 4.78 is 0. The van der Waals surface area contributed by atoms with Crippen LogP contribution in [0.1, 0.15) is 39.0 Å². The highest BCUT2D eigenvalue weighted by atomic mass is 32.2. The van der Waals surface area contributed by atoms with E-state index in [0.717, 1.165) is 5.75 Å². The highest BCUT2D eigenvalue weighted by molar-refractivity contribution is 8.01. The second-order valence-corrected chi connectivity index (χ2v) is 6.02. The van der Waals surface area contributed by atoms with Gasteiger partial charge in [0, 0.05) is 5.75 Å². The van der Waals surface area contributed by atoms with Crippen molar-refractivity contribution in [2.75, 3.05) is 5.75 Å². The molecular formula is C10H18N2OS. The second kappa shape index (κ2) is 3.42. The van der Waals surface area contributed by atoms with Crippen LogP contribution in [0.5, 0.6) is 0 Å². The first-order valence-corrected chi connectivity index (χ1v) is 6.28. The van der Waals surface area contributed by atoms with Gasteiger partial charge >= 0.3 is 0 Å². The van der Waals surface area contributed by atoms with Gasteiger partial charge in [0.2, 0.25) is 5.91 Å². The van der Waals surface area contributed by atoms with Gasteiger partial charge in [0.05, 0.1) is 4.87 Å². The largest absolute Gasteiger partial charge is 0.368 e. The molecule has 2 aliphatic rings. The molecule has 0 unspecified atom stereocenters. The number of nitrogens with one attached hydrogen (secondary N) is 1. The van der Waals surface area contributed by atoms with E-state index < -0.39 is 5.54 Å². The molecular weight excluding hydrogens is 196 g/mol. The van der Waals surface area contributed by atoms with Crippen molar-refractivity contribution in [2.24, 2.45) is 5.73 Å². The van der Waals surface area contributed by atoms with Crippen molar-refractivity contribution in [1.82, 2.24) is 5.32 Å². The fourth-order valence-electron chi connectivity index (χ4n) is 2.38. The topological polar surface area (TPSA) is 55.1 Å². The lowest BCUT2D eigenvalue weighted by molar-refractivity contribution is -0.123. The summed E-state index contributed by atoms with van der Waals surface area (Å²) in [5, 5.41) is 3.47. The smallest absolute Gasteiger partial charge is 0.238 e. The third kappa shape index (κ3) is 1.65. The quantitative estimate of drug-likeness (QED) is 0.690. The number of primary amides is 1. The van der Waals surface area contributed by atoms with E-state index in [0.29, 0.717) is 0 Å². The van der Waals surface area contributed by atoms with Crippen molar-refractivity contribution in [1.29, 1.82) is 0 Å². The van der Waals surface area contributed by atoms with Crippen LogP contribution in [0, 0.1) is 0 Å². The van der Waals surface area contributed by atoms with Crippen LogP contribution in [0.3, 0.4) is 0 Å². The van der Waals surface area contributed by atoms with E-state index in [2.05, 4.69) is 5.32 Å². The van der Waals surface area contributed by atoms with E-state index >= 15 is 0 Å². The minimum absolute atomic E-state index is 0.155. The molecule has 1 amide bonds. The molecule has 0 aromatic carbocycles. The Morgan fingerprint density at radius 2 is 2.00 bits per heavy atom. The Balaban J connectivity index is 2.09. The lowest BCUT2D eigenvalue weighted by atomic mass is 9.92. The molecule has 1 heterocycles. The van der Waals surface area contributed by atoms with Gasteiger partial charge in [-0.1, -0.05) is 19.3 Å². The molecule has 0 aromatic rings. The number of hydrogen-bond acceptors (Lipinski definition) is 3. The average molecular weight is 214 g/mol. The molecule has 0 aromatic heterocycles. The molecule has 2 rings (SSSR count). The number of nitrogens with two attached hydrogens (primary N) is 1. The van der Waals surface area contributed by atoms with E-state index in [-0.39, 0.29) is 10.8 Å². The van der Waals surface area contributed by atoms with Crippen molar-refractivity contribution in [3.8, 4) is 0 Å². The van der Waals surface area contributed by atoms with Crippen LogP contribution in [-0.4, -0.2) is 22.1 Å². The Hall–Kier alpha value is -0.220. The molecule has 0 bridgehead atoms. The predicted molar refractivity (Wildman–Crippen MR) is 59.0 cm³/mol. The Morgan fingerprint density at radius 3 is 2.50 bits per heavy atom. The monoisotopic (exact) mass is 214 g/mol. The average Bonchev–Trinajstić information content (AvgIpc) is 2.47. The van der Waals surface area contributed by atoms with Gasteiger partial charge in [-0.25, -0.2) is 0 Å². The fourth-order valence-corrected chi connectivity index (χ4v) is 4.04. The van der Waals surface area contributed by atoms with Gasteiger partial charge in [0.1, 0.15) is 5.54 Å². The predicted octanol–water partition coefficient (Wildman–Crippen LogP) is 1.23. The summed E-state index contributed by atoms with van der Waals surface area (Å²) in [7, 11) is 0. The number of amides is 1. The van der Waals surface area contributed by atoms with Crippen molar-refractivity contribution >= 4 is 17.7 Å². The standard InChI is InChI=1S/C10H18N2OS/c1-9(8(11)13)7-14-10(12-9)5-3-2-4-6-10/h12H,2-7H2,1H3,(H2,11,13)/t9-/m1/s1. The molecule has 3 N–H and O–H groups in total. The van der Waals surface area contributed by atoms with Crippen LogP contribution in [0.4, 0.5) is 0 Å². The lowest BCUT2D eigenvalue weighted by Gasteiger charge is -2.35. The van der Waals surface area contributed by atoms with Crippen LogP contribution in [0.2, 0.25) is 0 Å². The molecule has 2 fully saturated rings. The van der Waals surface area contributed by atoms with Crippen molar-refractivity contribution < 1.29 is 4.79 Å². The molecule has 1 saturated carbocycles. The Labute approximate surface area is 89.2 Å². The van der Waals surface area contributed by atoms with Crippen molar-refractivity contribution in [2.45, 2.75) is 49.4 Å². The molecule has 1 aliphatic carbocycles. The van der Waals surface area contributed by atoms with E-state index in [4.69, 9.17) is 5.73 Å². The molecule has 1 spiro atoms. The zero-order valence-corrected chi connectivity index (χ0v) is 9.45. The molecule has 4 heteroatoms. The molecule has 0 radical (unpaired) electrons. The highest BCUT2D eigenvalue weighted by Gasteiger charge is 2.48. The summed E-state index contributed by atoms with van der Waals surface area (Å²) >= 11 is 1.89. The first-order chi connectivity index (χ1) is 6.56. The first kappa shape index (κ1) is 10.3. The Bertz CT molecular complexity index is 251. The van der Waals surface area contributed by atoms with Gasteiger partial charge in [-0.05, 0) is 19.8 Å². The minimum Gasteiger partial charge on any atom is -0.368 e. The van der Waals surface area contributed by atoms with Gasteiger partial charge in [-0.15, -0.1) is 11.8 Å². The van der Waals surface area contributed by atoms with E-state index in [1.165, 1.54) is 32.1 Å². The van der Waals surface area contributed by atoms with Crippen LogP contribution in [0.15, 0.2) is 0 Å². The first-order valence-electron chi connectivity index (χ1n) is 5.30. The van der Waals surface area contributed by atoms with E-state index in [1.807, 2.05) is 18.7 Å².